The number of aromatic hydroxyl groups is 10. The van der Waals surface area contributed by atoms with Crippen molar-refractivity contribution in [2.75, 3.05) is 21.3 Å². The van der Waals surface area contributed by atoms with Gasteiger partial charge < -0.3 is 87.7 Å². The van der Waals surface area contributed by atoms with E-state index in [-0.39, 0.29) is 71.8 Å². The number of nitrogens with one attached hydrogen (secondary N) is 4. The lowest BCUT2D eigenvalue weighted by Crippen LogP contribution is -2.17. The van der Waals surface area contributed by atoms with Gasteiger partial charge in [-0.1, -0.05) is 84.9 Å². The molecule has 0 saturated heterocycles. The number of hydrogen-bond donors (Lipinski definition) is 17. The average Bonchev–Trinajstić information content (AvgIpc) is 1.29. The van der Waals surface area contributed by atoms with Gasteiger partial charge in [0.2, 0.25) is 29.4 Å². The number of anilines is 4. The fourth-order valence-electron chi connectivity index (χ4n) is 13.2. The normalized spacial score (nSPS) is 10.5. The molecule has 17 N–H and O–H groups in total. The third kappa shape index (κ3) is 27.8. The number of nitro benzene ring substituents is 5. The number of nitrogens with zero attached hydrogens (tertiary/aromatic N) is 9. The van der Waals surface area contributed by atoms with Crippen molar-refractivity contribution in [1.82, 2.24) is 19.9 Å². The number of carboxylic acids is 3. The van der Waals surface area contributed by atoms with Crippen LogP contribution < -0.4 is 21.3 Å². The van der Waals surface area contributed by atoms with Crippen molar-refractivity contribution >= 4 is 116 Å². The third-order valence-electron chi connectivity index (χ3n) is 19.6. The van der Waals surface area contributed by atoms with Crippen LogP contribution in [0.1, 0.15) is 55.4 Å². The number of thiophene rings is 2. The number of phenolic OH excluding ortho intramolecular Hbond substituents is 10. The van der Waals surface area contributed by atoms with Gasteiger partial charge in [0, 0.05) is 107 Å². The molecule has 9 aromatic carbocycles. The van der Waals surface area contributed by atoms with E-state index in [9.17, 15) is 135 Å². The number of amides is 4. The third-order valence-corrected chi connectivity index (χ3v) is 21.8. The van der Waals surface area contributed by atoms with Gasteiger partial charge in [-0.15, -0.1) is 22.7 Å². The fraction of sp³-hybridized carbons (Fsp3) is 0.108. The van der Waals surface area contributed by atoms with Gasteiger partial charge in [-0.25, -0.2) is 9.97 Å². The highest BCUT2D eigenvalue weighted by molar-refractivity contribution is 7.16. The molecule has 5 heterocycles. The van der Waals surface area contributed by atoms with Crippen molar-refractivity contribution in [3.05, 3.63) is 331 Å². The maximum atomic E-state index is 12.5. The number of pyridine rings is 2. The van der Waals surface area contributed by atoms with E-state index >= 15 is 0 Å². The quantitative estimate of drug-likeness (QED) is 0.0118. The summed E-state index contributed by atoms with van der Waals surface area (Å²) in [6.07, 6.45) is 6.21. The monoisotopic (exact) mass is 1920 g/mol. The molecule has 45 heteroatoms. The van der Waals surface area contributed by atoms with Crippen LogP contribution in [0.15, 0.2) is 231 Å². The summed E-state index contributed by atoms with van der Waals surface area (Å²) in [4.78, 5) is 153. The first kappa shape index (κ1) is 101. The number of rotatable bonds is 29. The number of aromatic nitrogens is 4. The number of phenols is 10. The minimum Gasteiger partial charge on any atom is -0.504 e. The van der Waals surface area contributed by atoms with Crippen molar-refractivity contribution in [2.24, 2.45) is 0 Å². The molecule has 0 aliphatic heterocycles. The van der Waals surface area contributed by atoms with Crippen LogP contribution in [0.25, 0.3) is 54.3 Å². The van der Waals surface area contributed by atoms with Crippen LogP contribution in [-0.2, 0) is 78.5 Å². The van der Waals surface area contributed by atoms with Gasteiger partial charge in [0.15, 0.2) is 51.7 Å². The number of benzene rings is 9. The molecule has 138 heavy (non-hydrogen) atoms. The molecule has 0 aliphatic carbocycles. The van der Waals surface area contributed by atoms with E-state index in [4.69, 9.17) is 15.3 Å². The van der Waals surface area contributed by atoms with Crippen molar-refractivity contribution in [1.29, 1.82) is 0 Å². The molecular formula is C93H77N13O30S2. The predicted molar refractivity (Wildman–Crippen MR) is 499 cm³/mol. The van der Waals surface area contributed by atoms with Crippen LogP contribution >= 0.6 is 22.7 Å². The average molecular weight is 1920 g/mol. The first-order valence-corrected chi connectivity index (χ1v) is 41.7. The van der Waals surface area contributed by atoms with Crippen molar-refractivity contribution in [3.8, 4) is 112 Å². The van der Waals surface area contributed by atoms with Gasteiger partial charge in [0.1, 0.15) is 11.6 Å². The molecule has 4 amide bonds. The Kier molecular flexibility index (Phi) is 33.9. The molecule has 43 nitrogen and oxygen atoms in total. The first-order valence-electron chi connectivity index (χ1n) is 40.1. The molecule has 0 spiro atoms. The maximum Gasteiger partial charge on any atom is 0.314 e. The Hall–Kier alpha value is -18.9. The SMILES string of the molecule is Cc1ccccc1-c1ccc(-c2cc(O)c(O)cc2[N+](=O)[O-])cc1.Cc1ncc(-c2cccnc2)c(NC(=O)Cc2cc(O)c(O)cc2[N+](=O)[O-])n1.O=C(O)Cc1ccc(-c2ccccc2NC(=O)Cc2cc(O)c(O)cc2[N+](=O)[O-])s1.O=C(O)Cc1ccc(-c2ccncc2NC(=O)CCc2cc(O)c(O)c([N+](=O)[O-])c2)s1.O=C(O)Cc1cccc(NC(=O)Cc2cc(O)c(O)cc2[N+](=O)[O-])c1. The number of hydrogen-bond acceptors (Lipinski definition) is 33. The molecule has 14 rings (SSSR count). The van der Waals surface area contributed by atoms with Gasteiger partial charge >= 0.3 is 23.6 Å². The van der Waals surface area contributed by atoms with Crippen LogP contribution in [0.2, 0.25) is 0 Å². The molecule has 5 aromatic heterocycles. The lowest BCUT2D eigenvalue weighted by Gasteiger charge is -2.11. The minimum atomic E-state index is -1.02. The lowest BCUT2D eigenvalue weighted by molar-refractivity contribution is -0.386. The Morgan fingerprint density at radius 1 is 0.348 bits per heavy atom. The van der Waals surface area contributed by atoms with Crippen molar-refractivity contribution in [3.63, 3.8) is 0 Å². The molecule has 0 saturated carbocycles. The number of carbonyl (C=O) groups excluding carboxylic acids is 4. The standard InChI is InChI=1S/C20H17N3O7S.C20H16N2O7S.C19H15NO4.C18H15N5O5.C16H14N2O7/c24-16-8-11(7-15(20(16)28)23(29)30)1-4-18(25)22-14-10-21-6-5-13(14)17-3-2-12(31-17)9-19(26)27;23-16-7-11(15(22(28)29)10-17(16)24)8-19(25)21-14-4-2-1-3-13(14)18-6-5-12(30-18)9-20(26)27;1-12-4-2-3-5-15(12)13-6-8-14(9-7-13)16-10-18(21)19(22)11-17(16)20(23)24;1-10-20-9-13(11-3-2-4-19-8-11)18(21-10)22-17(26)6-12-5-15(24)16(25)7-14(12)23(27)28;19-13-6-10(12(18(24)25)8-14(13)20)7-15(21)17-11-3-1-2-9(4-11)5-16(22)23/h2-3,5-8,10,24,28H,1,4,9H2,(H,22,25)(H,26,27);1-7,10,23-24H,8-9H2,(H,21,25)(H,26,27);2-11,21-22H,1H3;2-5,7-9,24-25H,6H2,1H3,(H,20,21,22,26);1-4,6,8,19-20H,5,7H2,(H,17,21)(H,22,23). The number of aryl methyl sites for hydroxylation is 3. The zero-order valence-corrected chi connectivity index (χ0v) is 73.3. The molecule has 0 unspecified atom stereocenters. The van der Waals surface area contributed by atoms with E-state index in [1.165, 1.54) is 47.1 Å². The van der Waals surface area contributed by atoms with Crippen LogP contribution in [0.4, 0.5) is 51.3 Å². The zero-order valence-electron chi connectivity index (χ0n) is 71.7. The molecule has 14 aromatic rings. The highest BCUT2D eigenvalue weighted by atomic mass is 32.1. The van der Waals surface area contributed by atoms with Gasteiger partial charge in [-0.05, 0) is 139 Å². The molecular weight excluding hydrogens is 1840 g/mol. The molecule has 0 radical (unpaired) electrons. The van der Waals surface area contributed by atoms with E-state index in [0.29, 0.717) is 71.6 Å². The van der Waals surface area contributed by atoms with Crippen LogP contribution in [0.3, 0.4) is 0 Å². The Bertz CT molecular complexity index is 7040. The largest absolute Gasteiger partial charge is 0.504 e. The summed E-state index contributed by atoms with van der Waals surface area (Å²) in [7, 11) is 0. The number of para-hydroxylation sites is 1. The van der Waals surface area contributed by atoms with Gasteiger partial charge in [0.25, 0.3) is 22.7 Å². The van der Waals surface area contributed by atoms with Gasteiger partial charge in [-0.2, -0.15) is 0 Å². The highest BCUT2D eigenvalue weighted by Crippen LogP contribution is 2.43. The molecule has 0 bridgehead atoms. The summed E-state index contributed by atoms with van der Waals surface area (Å²) in [6, 6.07) is 50.2. The minimum absolute atomic E-state index is 0.0373. The first-order chi connectivity index (χ1) is 65.6. The Balaban J connectivity index is 0.000000178. The van der Waals surface area contributed by atoms with E-state index < -0.39 is 160 Å². The Morgan fingerprint density at radius 2 is 0.804 bits per heavy atom. The molecule has 0 fully saturated rings. The molecule has 706 valence electrons. The summed E-state index contributed by atoms with van der Waals surface area (Å²) in [5.74, 6) is -10.3. The van der Waals surface area contributed by atoms with Crippen molar-refractivity contribution in [2.45, 2.75) is 65.2 Å². The van der Waals surface area contributed by atoms with E-state index in [2.05, 4.69) is 41.2 Å². The summed E-state index contributed by atoms with van der Waals surface area (Å²) in [6.45, 7) is 3.68. The van der Waals surface area contributed by atoms with Crippen LogP contribution in [-0.4, -0.2) is 152 Å². The second-order valence-electron chi connectivity index (χ2n) is 29.5. The summed E-state index contributed by atoms with van der Waals surface area (Å²) in [5, 5.41) is 188. The fourth-order valence-corrected chi connectivity index (χ4v) is 15.3. The van der Waals surface area contributed by atoms with E-state index in [1.807, 2.05) is 43.3 Å². The number of carboxylic acid groups (broad SMARTS) is 3. The van der Waals surface area contributed by atoms with Crippen LogP contribution in [0.5, 0.6) is 57.5 Å². The Morgan fingerprint density at radius 3 is 1.31 bits per heavy atom. The highest BCUT2D eigenvalue weighted by Gasteiger charge is 2.28. The second kappa shape index (κ2) is 46.2. The van der Waals surface area contributed by atoms with E-state index in [0.717, 1.165) is 75.0 Å². The van der Waals surface area contributed by atoms with Crippen molar-refractivity contribution < 1.29 is 125 Å². The van der Waals surface area contributed by atoms with E-state index in [1.54, 1.807) is 129 Å². The summed E-state index contributed by atoms with van der Waals surface area (Å²) in [5.41, 5.74) is 6.19. The maximum absolute atomic E-state index is 12.5. The second-order valence-corrected chi connectivity index (χ2v) is 31.8. The summed E-state index contributed by atoms with van der Waals surface area (Å²) < 4.78 is 0. The number of aliphatic carboxylic acids is 3. The Labute approximate surface area is 784 Å². The molecule has 0 aliphatic rings. The molecule has 0 atom stereocenters. The topological polar surface area (TPSA) is 698 Å². The van der Waals surface area contributed by atoms with Gasteiger partial charge in [-0.3, -0.25) is 94.1 Å². The zero-order chi connectivity index (χ0) is 100. The number of carbonyl (C=O) groups is 7. The van der Waals surface area contributed by atoms with Crippen LogP contribution in [0, 0.1) is 64.4 Å². The smallest absolute Gasteiger partial charge is 0.314 e. The number of nitro groups is 5. The summed E-state index contributed by atoms with van der Waals surface area (Å²) >= 11 is 2.58. The lowest BCUT2D eigenvalue weighted by atomic mass is 9.97. The van der Waals surface area contributed by atoms with Gasteiger partial charge in [0.05, 0.1) is 105 Å². The predicted octanol–water partition coefficient (Wildman–Crippen LogP) is 15.7.